The number of aromatic nitrogens is 2. The molecule has 4 aliphatic rings. The number of hydrogen-bond donors (Lipinski definition) is 2. The number of imidazole rings is 1. The number of piperidine rings is 1. The molecule has 1 unspecified atom stereocenters. The largest absolute Gasteiger partial charge is 0.350 e. The Bertz CT molecular complexity index is 1200. The van der Waals surface area contributed by atoms with Gasteiger partial charge in [0.1, 0.15) is 17.0 Å². The number of pyridine rings is 1. The van der Waals surface area contributed by atoms with Gasteiger partial charge in [0.25, 0.3) is 11.8 Å². The predicted molar refractivity (Wildman–Crippen MR) is 155 cm³/mol. The van der Waals surface area contributed by atoms with Gasteiger partial charge in [-0.15, -0.1) is 0 Å². The Morgan fingerprint density at radius 3 is 2.62 bits per heavy atom. The predicted octanol–water partition coefficient (Wildman–Crippen LogP) is 3.92. The fourth-order valence-corrected chi connectivity index (χ4v) is 7.66. The molecule has 4 fully saturated rings. The lowest BCUT2D eigenvalue weighted by molar-refractivity contribution is -0.103. The average molecular weight is 537 g/mol. The van der Waals surface area contributed by atoms with E-state index in [9.17, 15) is 9.59 Å². The van der Waals surface area contributed by atoms with Crippen LogP contribution in [0.3, 0.4) is 0 Å². The molecule has 1 saturated heterocycles. The zero-order valence-corrected chi connectivity index (χ0v) is 24.8. The Balaban J connectivity index is 1.34. The van der Waals surface area contributed by atoms with E-state index >= 15 is 0 Å². The molecule has 2 amide bonds. The Morgan fingerprint density at radius 1 is 1.13 bits per heavy atom. The summed E-state index contributed by atoms with van der Waals surface area (Å²) in [6, 6.07) is 5.69. The van der Waals surface area contributed by atoms with Gasteiger partial charge in [0.15, 0.2) is 0 Å². The van der Waals surface area contributed by atoms with Gasteiger partial charge in [-0.3, -0.25) is 14.0 Å². The van der Waals surface area contributed by atoms with Crippen LogP contribution >= 0.6 is 0 Å². The van der Waals surface area contributed by atoms with Gasteiger partial charge in [-0.1, -0.05) is 33.8 Å². The molecule has 0 aromatic carbocycles. The maximum atomic E-state index is 14.0. The molecule has 39 heavy (non-hydrogen) atoms. The fraction of sp³-hybridized carbons (Fsp3) is 0.710. The Morgan fingerprint density at radius 2 is 1.92 bits per heavy atom. The molecule has 2 bridgehead atoms. The van der Waals surface area contributed by atoms with Crippen LogP contribution in [0.1, 0.15) is 80.8 Å². The number of rotatable bonds is 9. The van der Waals surface area contributed by atoms with Crippen LogP contribution in [0.5, 0.6) is 0 Å². The summed E-state index contributed by atoms with van der Waals surface area (Å²) in [5.41, 5.74) is 1.93. The summed E-state index contributed by atoms with van der Waals surface area (Å²) in [6.45, 7) is 13.3. The summed E-state index contributed by atoms with van der Waals surface area (Å²) in [5.74, 6) is 1.94. The van der Waals surface area contributed by atoms with E-state index in [2.05, 4.69) is 57.3 Å². The van der Waals surface area contributed by atoms with Crippen molar-refractivity contribution in [3.05, 3.63) is 35.8 Å². The van der Waals surface area contributed by atoms with E-state index < -0.39 is 0 Å². The average Bonchev–Trinajstić information content (AvgIpc) is 3.34. The molecular weight excluding hydrogens is 488 g/mol. The lowest BCUT2D eigenvalue weighted by Gasteiger charge is -2.60. The number of hydrogen-bond acceptors (Lipinski definition) is 5. The summed E-state index contributed by atoms with van der Waals surface area (Å²) in [6.07, 6.45) is 7.35. The van der Waals surface area contributed by atoms with Gasteiger partial charge < -0.3 is 20.4 Å². The molecule has 0 radical (unpaired) electrons. The summed E-state index contributed by atoms with van der Waals surface area (Å²) in [7, 11) is 4.13. The first-order valence-electron chi connectivity index (χ1n) is 14.9. The van der Waals surface area contributed by atoms with Crippen molar-refractivity contribution >= 4 is 17.5 Å². The van der Waals surface area contributed by atoms with Gasteiger partial charge in [-0.25, -0.2) is 4.98 Å². The van der Waals surface area contributed by atoms with E-state index in [0.717, 1.165) is 38.4 Å². The minimum atomic E-state index is -0.0985. The highest BCUT2D eigenvalue weighted by molar-refractivity contribution is 5.95. The molecule has 1 aliphatic heterocycles. The summed E-state index contributed by atoms with van der Waals surface area (Å²) in [5, 5.41) is 6.71. The minimum Gasteiger partial charge on any atom is -0.350 e. The quantitative estimate of drug-likeness (QED) is 0.508. The number of carbonyl (C=O) groups excluding carboxylic acids is 2. The molecule has 2 aromatic heterocycles. The van der Waals surface area contributed by atoms with Crippen LogP contribution in [0.15, 0.2) is 24.4 Å². The van der Waals surface area contributed by atoms with Gasteiger partial charge >= 0.3 is 0 Å². The van der Waals surface area contributed by atoms with E-state index in [-0.39, 0.29) is 23.3 Å². The third kappa shape index (κ3) is 5.47. The van der Waals surface area contributed by atoms with Gasteiger partial charge in [-0.2, -0.15) is 0 Å². The van der Waals surface area contributed by atoms with Gasteiger partial charge in [0.05, 0.1) is 0 Å². The Labute approximate surface area is 233 Å². The van der Waals surface area contributed by atoms with Crippen molar-refractivity contribution in [2.75, 3.05) is 46.8 Å². The highest BCUT2D eigenvalue weighted by atomic mass is 16.2. The van der Waals surface area contributed by atoms with E-state index in [4.69, 9.17) is 4.98 Å². The SMILES string of the molecule is CN(C)CCCN(C(=O)c1cn2c(C(=O)NC[C@@H]3CC[C@H]4C[C@@H]3C4(C)C)cccc2n1)C1CCNCC1(C)C. The number of nitrogens with zero attached hydrogens (tertiary/aromatic N) is 4. The van der Waals surface area contributed by atoms with Gasteiger partial charge in [0.2, 0.25) is 0 Å². The summed E-state index contributed by atoms with van der Waals surface area (Å²) < 4.78 is 1.79. The number of carbonyl (C=O) groups is 2. The number of nitrogens with one attached hydrogen (secondary N) is 2. The molecule has 2 aromatic rings. The van der Waals surface area contributed by atoms with Crippen molar-refractivity contribution in [2.24, 2.45) is 28.6 Å². The molecule has 214 valence electrons. The zero-order chi connectivity index (χ0) is 27.9. The second kappa shape index (κ2) is 10.8. The topological polar surface area (TPSA) is 82.0 Å². The third-order valence-corrected chi connectivity index (χ3v) is 10.2. The van der Waals surface area contributed by atoms with Crippen LogP contribution in [-0.2, 0) is 0 Å². The zero-order valence-electron chi connectivity index (χ0n) is 24.8. The van der Waals surface area contributed by atoms with Crippen LogP contribution in [-0.4, -0.2) is 83.9 Å². The molecule has 8 nitrogen and oxygen atoms in total. The Kier molecular flexibility index (Phi) is 7.81. The highest BCUT2D eigenvalue weighted by Gasteiger charge is 2.54. The maximum absolute atomic E-state index is 14.0. The van der Waals surface area contributed by atoms with Crippen molar-refractivity contribution in [1.29, 1.82) is 0 Å². The molecule has 6 rings (SSSR count). The first-order chi connectivity index (χ1) is 18.5. The van der Waals surface area contributed by atoms with Gasteiger partial charge in [-0.05, 0) is 100 Å². The van der Waals surface area contributed by atoms with E-state index in [1.807, 2.05) is 23.1 Å². The smallest absolute Gasteiger partial charge is 0.274 e. The normalized spacial score (nSPS) is 27.3. The van der Waals surface area contributed by atoms with Crippen LogP contribution in [0.4, 0.5) is 0 Å². The van der Waals surface area contributed by atoms with Crippen LogP contribution < -0.4 is 10.6 Å². The lowest BCUT2D eigenvalue weighted by Crippen LogP contribution is -2.56. The monoisotopic (exact) mass is 536 g/mol. The standard InChI is InChI=1S/C31H48N6O2/c1-30(2)20-32-14-13-26(30)36(16-8-15-35(5)6)29(39)24-19-37-25(9-7-10-27(37)34-24)28(38)33-18-21-11-12-22-17-23(21)31(22,3)4/h7,9-10,19,21-23,26,32H,8,11-18,20H2,1-6H3,(H,33,38)/t21-,22-,23-,26?/m0/s1. The second-order valence-electron chi connectivity index (χ2n) is 13.8. The maximum Gasteiger partial charge on any atom is 0.274 e. The first kappa shape index (κ1) is 28.1. The fourth-order valence-electron chi connectivity index (χ4n) is 7.66. The van der Waals surface area contributed by atoms with Crippen molar-refractivity contribution in [1.82, 2.24) is 29.8 Å². The van der Waals surface area contributed by atoms with E-state index in [1.54, 1.807) is 10.6 Å². The molecule has 4 atom stereocenters. The molecule has 8 heteroatoms. The molecule has 3 saturated carbocycles. The van der Waals surface area contributed by atoms with Gasteiger partial charge in [0, 0.05) is 31.9 Å². The second-order valence-corrected chi connectivity index (χ2v) is 13.8. The van der Waals surface area contributed by atoms with Crippen molar-refractivity contribution in [3.8, 4) is 0 Å². The molecule has 3 aliphatic carbocycles. The van der Waals surface area contributed by atoms with Crippen LogP contribution in [0.25, 0.3) is 5.65 Å². The highest BCUT2D eigenvalue weighted by Crippen LogP contribution is 2.61. The third-order valence-electron chi connectivity index (χ3n) is 10.2. The number of fused-ring (bicyclic) bond motifs is 3. The first-order valence-corrected chi connectivity index (χ1v) is 14.9. The number of amides is 2. The summed E-state index contributed by atoms with van der Waals surface area (Å²) >= 11 is 0. The molecule has 3 heterocycles. The molecular formula is C31H48N6O2. The van der Waals surface area contributed by atoms with Crippen molar-refractivity contribution in [2.45, 2.75) is 65.8 Å². The van der Waals surface area contributed by atoms with Crippen LogP contribution in [0, 0.1) is 28.6 Å². The van der Waals surface area contributed by atoms with Crippen LogP contribution in [0.2, 0.25) is 0 Å². The summed E-state index contributed by atoms with van der Waals surface area (Å²) in [4.78, 5) is 36.3. The van der Waals surface area contributed by atoms with Crippen molar-refractivity contribution < 1.29 is 9.59 Å². The molecule has 2 N–H and O–H groups in total. The van der Waals surface area contributed by atoms with E-state index in [0.29, 0.717) is 47.4 Å². The van der Waals surface area contributed by atoms with Crippen molar-refractivity contribution in [3.63, 3.8) is 0 Å². The Hall–Kier alpha value is -2.45. The molecule has 0 spiro atoms. The minimum absolute atomic E-state index is 0.0373. The lowest BCUT2D eigenvalue weighted by atomic mass is 9.45. The van der Waals surface area contributed by atoms with E-state index in [1.165, 1.54) is 19.3 Å².